The molecule has 3 N–H and O–H groups in total. The van der Waals surface area contributed by atoms with E-state index in [1.54, 1.807) is 31.2 Å². The van der Waals surface area contributed by atoms with Crippen molar-refractivity contribution >= 4 is 35.2 Å². The van der Waals surface area contributed by atoms with Crippen LogP contribution in [0.2, 0.25) is 0 Å². The van der Waals surface area contributed by atoms with Gasteiger partial charge >= 0.3 is 6.09 Å². The van der Waals surface area contributed by atoms with Gasteiger partial charge in [-0.2, -0.15) is 4.89 Å². The van der Waals surface area contributed by atoms with Gasteiger partial charge in [0.05, 0.1) is 48.6 Å². The third kappa shape index (κ3) is 10.3. The largest absolute Gasteiger partial charge is 0.493 e. The molecule has 2 aromatic rings. The second kappa shape index (κ2) is 17.5. The number of ether oxygens (including phenoxy) is 2. The maximum atomic E-state index is 14.6. The molecule has 2 saturated carbocycles. The molecule has 0 unspecified atom stereocenters. The number of morpholine rings is 1. The summed E-state index contributed by atoms with van der Waals surface area (Å²) in [5.74, 6) is -0.614. The molecule has 4 aliphatic rings. The molecule has 3 heterocycles. The van der Waals surface area contributed by atoms with Gasteiger partial charge < -0.3 is 35.0 Å². The predicted octanol–water partition coefficient (Wildman–Crippen LogP) is 4.32. The van der Waals surface area contributed by atoms with E-state index in [1.807, 2.05) is 25.1 Å². The lowest BCUT2D eigenvalue weighted by Gasteiger charge is -2.35. The van der Waals surface area contributed by atoms with E-state index in [0.29, 0.717) is 51.2 Å². The van der Waals surface area contributed by atoms with Crippen molar-refractivity contribution in [3.63, 3.8) is 0 Å². The van der Waals surface area contributed by atoms with Crippen molar-refractivity contribution < 1.29 is 47.9 Å². The van der Waals surface area contributed by atoms with Crippen LogP contribution in [0.3, 0.4) is 0 Å². The monoisotopic (exact) mass is 787 g/mol. The molecule has 0 spiro atoms. The number of amides is 4. The first-order valence-corrected chi connectivity index (χ1v) is 20.2. The number of benzene rings is 1. The number of aliphatic hydroxyl groups is 1. The molecule has 302 valence electrons. The van der Waals surface area contributed by atoms with Crippen LogP contribution in [0.25, 0.3) is 10.4 Å². The van der Waals surface area contributed by atoms with Crippen molar-refractivity contribution in [3.8, 4) is 16.2 Å². The minimum absolute atomic E-state index is 0.0341. The van der Waals surface area contributed by atoms with Crippen LogP contribution in [-0.4, -0.2) is 114 Å². The maximum absolute atomic E-state index is 14.6. The Labute approximate surface area is 325 Å². The molecule has 2 saturated heterocycles. The van der Waals surface area contributed by atoms with Crippen molar-refractivity contribution in [2.75, 3.05) is 46.1 Å². The number of alkyl halides is 1. The van der Waals surface area contributed by atoms with Crippen molar-refractivity contribution in [1.82, 2.24) is 25.4 Å². The number of carbonyl (C=O) groups is 4. The van der Waals surface area contributed by atoms with Crippen LogP contribution < -0.4 is 15.4 Å². The molecule has 2 aliphatic heterocycles. The average Bonchev–Trinajstić information content (AvgIpc) is 3.57. The Bertz CT molecular complexity index is 1680. The van der Waals surface area contributed by atoms with Gasteiger partial charge in [0.15, 0.2) is 5.67 Å². The van der Waals surface area contributed by atoms with Crippen LogP contribution in [0, 0.1) is 24.2 Å². The van der Waals surface area contributed by atoms with E-state index in [2.05, 4.69) is 15.6 Å². The number of rotatable bonds is 13. The Kier molecular flexibility index (Phi) is 13.0. The molecule has 0 bridgehead atoms. The van der Waals surface area contributed by atoms with Gasteiger partial charge in [-0.3, -0.25) is 19.3 Å². The van der Waals surface area contributed by atoms with Crippen LogP contribution in [0.5, 0.6) is 5.75 Å². The summed E-state index contributed by atoms with van der Waals surface area (Å²) in [6, 6.07) is 3.79. The molecule has 16 heteroatoms. The van der Waals surface area contributed by atoms with Gasteiger partial charge in [0.1, 0.15) is 17.8 Å². The number of aliphatic hydroxyl groups excluding tert-OH is 1. The van der Waals surface area contributed by atoms with E-state index in [0.717, 1.165) is 47.4 Å². The first-order chi connectivity index (χ1) is 26.2. The number of thiazole rings is 1. The third-order valence-corrected chi connectivity index (χ3v) is 12.0. The summed E-state index contributed by atoms with van der Waals surface area (Å²) in [5, 5.41) is 16.1. The number of aromatic nitrogens is 1. The number of hydrogen-bond acceptors (Lipinski definition) is 11. The molecule has 1 aromatic carbocycles. The highest BCUT2D eigenvalue weighted by atomic mass is 32.1. The standard InChI is InChI=1S/C39H54FN5O9S/c1-24-32(55-23-42-24)27-9-10-28(31(17-27)52-21-25-5-7-26(8-6-25)22-53-54-37(50)44-13-15-51-16-14-44)19-41-34(47)30-18-29(46)20-45(30)35(48)33(38(2,3)4)43-36(49)39(40)11-12-39/h9-10,17,23,25-26,29-30,33,46H,5-8,11-16,18-22H2,1-4H3,(H,41,47)(H,43,49)/t25?,26?,29-,30+,33-/m1/s1. The SMILES string of the molecule is Cc1ncsc1-c1ccc(CNC(=O)[C@@H]2C[C@@H](O)CN2C(=O)[C@@H](NC(=O)C2(F)CC2)C(C)(C)C)c(OCC2CCC(COOC(=O)N3CCOCC3)CC2)c1. The van der Waals surface area contributed by atoms with E-state index in [4.69, 9.17) is 19.2 Å². The van der Waals surface area contributed by atoms with Crippen molar-refractivity contribution in [2.45, 2.75) is 103 Å². The maximum Gasteiger partial charge on any atom is 0.441 e. The smallest absolute Gasteiger partial charge is 0.441 e. The van der Waals surface area contributed by atoms with Gasteiger partial charge in [-0.15, -0.1) is 11.3 Å². The van der Waals surface area contributed by atoms with E-state index in [9.17, 15) is 28.7 Å². The van der Waals surface area contributed by atoms with Crippen molar-refractivity contribution in [1.29, 1.82) is 0 Å². The summed E-state index contributed by atoms with van der Waals surface area (Å²) in [7, 11) is 0. The minimum Gasteiger partial charge on any atom is -0.493 e. The fourth-order valence-electron chi connectivity index (χ4n) is 7.32. The average molecular weight is 788 g/mol. The lowest BCUT2D eigenvalue weighted by Crippen LogP contribution is -2.59. The normalized spacial score (nSPS) is 24.2. The summed E-state index contributed by atoms with van der Waals surface area (Å²) in [5.41, 5.74) is 1.66. The molecular formula is C39H54FN5O9S. The van der Waals surface area contributed by atoms with Crippen molar-refractivity contribution in [2.24, 2.45) is 17.3 Å². The van der Waals surface area contributed by atoms with Gasteiger partial charge in [0.2, 0.25) is 11.8 Å². The van der Waals surface area contributed by atoms with Gasteiger partial charge in [-0.05, 0) is 74.3 Å². The second-order valence-corrected chi connectivity index (χ2v) is 17.2. The first kappa shape index (κ1) is 40.8. The third-order valence-electron chi connectivity index (χ3n) is 11.0. The lowest BCUT2D eigenvalue weighted by atomic mass is 9.83. The highest BCUT2D eigenvalue weighted by Crippen LogP contribution is 2.41. The number of carbonyl (C=O) groups excluding carboxylic acids is 4. The zero-order chi connectivity index (χ0) is 39.3. The topological polar surface area (TPSA) is 169 Å². The van der Waals surface area contributed by atoms with Crippen LogP contribution in [0.1, 0.15) is 77.0 Å². The van der Waals surface area contributed by atoms with E-state index in [1.165, 1.54) is 16.2 Å². The fourth-order valence-corrected chi connectivity index (χ4v) is 8.13. The summed E-state index contributed by atoms with van der Waals surface area (Å²) < 4.78 is 26.3. The summed E-state index contributed by atoms with van der Waals surface area (Å²) in [6.45, 7) is 10.1. The second-order valence-electron chi connectivity index (χ2n) is 16.4. The van der Waals surface area contributed by atoms with Crippen LogP contribution in [-0.2, 0) is 35.4 Å². The quantitative estimate of drug-likeness (QED) is 0.197. The molecule has 4 amide bonds. The van der Waals surface area contributed by atoms with E-state index < -0.39 is 53.1 Å². The molecular weight excluding hydrogens is 734 g/mol. The van der Waals surface area contributed by atoms with Gasteiger partial charge in [0, 0.05) is 38.2 Å². The molecule has 14 nitrogen and oxygen atoms in total. The lowest BCUT2D eigenvalue weighted by molar-refractivity contribution is -0.256. The number of nitrogens with one attached hydrogen (secondary N) is 2. The zero-order valence-electron chi connectivity index (χ0n) is 32.1. The number of hydrogen-bond donors (Lipinski definition) is 3. The molecule has 55 heavy (non-hydrogen) atoms. The van der Waals surface area contributed by atoms with E-state index >= 15 is 0 Å². The fraction of sp³-hybridized carbons (Fsp3) is 0.667. The molecule has 2 aliphatic carbocycles. The Morgan fingerprint density at radius 3 is 2.42 bits per heavy atom. The Morgan fingerprint density at radius 2 is 1.78 bits per heavy atom. The van der Waals surface area contributed by atoms with Gasteiger partial charge in [-0.1, -0.05) is 32.9 Å². The number of likely N-dealkylation sites (tertiary alicyclic amines) is 1. The number of β-amino-alcohol motifs (C(OH)–C–C–N with tert-alkyl or cyclic N) is 1. The Hall–Kier alpha value is -3.86. The molecule has 4 fully saturated rings. The highest BCUT2D eigenvalue weighted by Gasteiger charge is 2.53. The van der Waals surface area contributed by atoms with Crippen LogP contribution in [0.15, 0.2) is 23.7 Å². The zero-order valence-corrected chi connectivity index (χ0v) is 33.0. The predicted molar refractivity (Wildman–Crippen MR) is 200 cm³/mol. The molecule has 3 atom stereocenters. The van der Waals surface area contributed by atoms with Crippen LogP contribution in [0.4, 0.5) is 9.18 Å². The Balaban J connectivity index is 1.06. The molecule has 0 radical (unpaired) electrons. The first-order valence-electron chi connectivity index (χ1n) is 19.3. The number of halogens is 1. The molecule has 6 rings (SSSR count). The number of nitrogens with zero attached hydrogens (tertiary/aromatic N) is 3. The highest BCUT2D eigenvalue weighted by molar-refractivity contribution is 7.13. The summed E-state index contributed by atoms with van der Waals surface area (Å²) in [4.78, 5) is 71.1. The van der Waals surface area contributed by atoms with Crippen LogP contribution >= 0.6 is 11.3 Å². The number of aryl methyl sites for hydroxylation is 1. The van der Waals surface area contributed by atoms with Gasteiger partial charge in [0.25, 0.3) is 5.91 Å². The van der Waals surface area contributed by atoms with Gasteiger partial charge in [-0.25, -0.2) is 14.2 Å². The Morgan fingerprint density at radius 1 is 1.09 bits per heavy atom. The summed E-state index contributed by atoms with van der Waals surface area (Å²) in [6.07, 6.45) is 2.49. The van der Waals surface area contributed by atoms with Crippen molar-refractivity contribution in [3.05, 3.63) is 35.0 Å². The molecule has 1 aromatic heterocycles. The van der Waals surface area contributed by atoms with E-state index in [-0.39, 0.29) is 38.3 Å². The summed E-state index contributed by atoms with van der Waals surface area (Å²) >= 11 is 1.53. The minimum atomic E-state index is -1.96.